The second-order valence-electron chi connectivity index (χ2n) is 4.72. The number of ether oxygens (including phenoxy) is 1. The van der Waals surface area contributed by atoms with Crippen LogP contribution in [0.5, 0.6) is 0 Å². The number of nitrogens with zero attached hydrogens (tertiary/aromatic N) is 1. The van der Waals surface area contributed by atoms with Gasteiger partial charge in [-0.2, -0.15) is 0 Å². The highest BCUT2D eigenvalue weighted by molar-refractivity contribution is 5.61. The Morgan fingerprint density at radius 3 is 2.63 bits per heavy atom. The van der Waals surface area contributed by atoms with Crippen molar-refractivity contribution in [2.45, 2.75) is 26.8 Å². The van der Waals surface area contributed by atoms with E-state index in [4.69, 9.17) is 10.5 Å². The number of nitrogens with one attached hydrogen (secondary N) is 1. The van der Waals surface area contributed by atoms with Gasteiger partial charge in [-0.15, -0.1) is 0 Å². The summed E-state index contributed by atoms with van der Waals surface area (Å²) in [6.45, 7) is 7.26. The van der Waals surface area contributed by atoms with Crippen LogP contribution < -0.4 is 11.1 Å². The molecular weight excluding hydrogens is 246 g/mol. The summed E-state index contributed by atoms with van der Waals surface area (Å²) >= 11 is 0. The molecule has 19 heavy (non-hydrogen) atoms. The van der Waals surface area contributed by atoms with Gasteiger partial charge >= 0.3 is 0 Å². The molecule has 1 aromatic carbocycles. The van der Waals surface area contributed by atoms with Crippen LogP contribution in [-0.4, -0.2) is 24.2 Å². The molecule has 0 bridgehead atoms. The molecule has 0 fully saturated rings. The standard InChI is InChI=1S/C13H21N3O3/c1-4-19-8-13(9(2)3)15-11-5-10(14)6-12(7-11)16(17)18/h5-7,9,13,15H,4,8,14H2,1-3H3. The van der Waals surface area contributed by atoms with Crippen molar-refractivity contribution in [3.05, 3.63) is 28.3 Å². The van der Waals surface area contributed by atoms with Gasteiger partial charge in [-0.1, -0.05) is 13.8 Å². The van der Waals surface area contributed by atoms with Crippen molar-refractivity contribution >= 4 is 17.1 Å². The number of nitrogen functional groups attached to an aromatic ring is 1. The number of nitrogens with two attached hydrogens (primary N) is 1. The van der Waals surface area contributed by atoms with Crippen molar-refractivity contribution < 1.29 is 9.66 Å². The first kappa shape index (κ1) is 15.2. The molecule has 0 aliphatic rings. The Morgan fingerprint density at radius 1 is 1.42 bits per heavy atom. The Labute approximate surface area is 113 Å². The number of hydrogen-bond donors (Lipinski definition) is 2. The van der Waals surface area contributed by atoms with Gasteiger partial charge in [0.1, 0.15) is 0 Å². The fourth-order valence-corrected chi connectivity index (χ4v) is 1.68. The molecule has 1 atom stereocenters. The fourth-order valence-electron chi connectivity index (χ4n) is 1.68. The lowest BCUT2D eigenvalue weighted by atomic mass is 10.0. The van der Waals surface area contributed by atoms with Gasteiger partial charge in [0.25, 0.3) is 5.69 Å². The molecule has 0 heterocycles. The first-order chi connectivity index (χ1) is 8.93. The predicted molar refractivity (Wildman–Crippen MR) is 76.3 cm³/mol. The molecular formula is C13H21N3O3. The average Bonchev–Trinajstić information content (AvgIpc) is 2.33. The zero-order valence-electron chi connectivity index (χ0n) is 11.6. The van der Waals surface area contributed by atoms with Crippen molar-refractivity contribution in [3.63, 3.8) is 0 Å². The molecule has 0 spiro atoms. The Bertz CT molecular complexity index is 435. The third-order valence-electron chi connectivity index (χ3n) is 2.81. The van der Waals surface area contributed by atoms with Crippen molar-refractivity contribution in [2.75, 3.05) is 24.3 Å². The quantitative estimate of drug-likeness (QED) is 0.450. The van der Waals surface area contributed by atoms with Crippen LogP contribution in [0.4, 0.5) is 17.1 Å². The Balaban J connectivity index is 2.86. The summed E-state index contributed by atoms with van der Waals surface area (Å²) in [5.74, 6) is 0.340. The molecule has 0 amide bonds. The highest BCUT2D eigenvalue weighted by Crippen LogP contribution is 2.23. The fraction of sp³-hybridized carbons (Fsp3) is 0.538. The number of nitro benzene ring substituents is 1. The number of benzene rings is 1. The molecule has 3 N–H and O–H groups in total. The van der Waals surface area contributed by atoms with Crippen molar-refractivity contribution in [1.82, 2.24) is 0 Å². The van der Waals surface area contributed by atoms with Crippen LogP contribution in [-0.2, 0) is 4.74 Å². The summed E-state index contributed by atoms with van der Waals surface area (Å²) in [6.07, 6.45) is 0. The lowest BCUT2D eigenvalue weighted by Crippen LogP contribution is -2.31. The van der Waals surface area contributed by atoms with E-state index in [0.717, 1.165) is 0 Å². The summed E-state index contributed by atoms with van der Waals surface area (Å²) in [6, 6.07) is 4.60. The van der Waals surface area contributed by atoms with Crippen LogP contribution in [0.2, 0.25) is 0 Å². The third-order valence-corrected chi connectivity index (χ3v) is 2.81. The highest BCUT2D eigenvalue weighted by atomic mass is 16.6. The minimum atomic E-state index is -0.450. The molecule has 0 saturated heterocycles. The molecule has 6 heteroatoms. The predicted octanol–water partition coefficient (Wildman–Crippen LogP) is 2.65. The SMILES string of the molecule is CCOCC(Nc1cc(N)cc([N+](=O)[O-])c1)C(C)C. The minimum absolute atomic E-state index is 0.0126. The molecule has 0 radical (unpaired) electrons. The van der Waals surface area contributed by atoms with Crippen LogP contribution in [0.1, 0.15) is 20.8 Å². The molecule has 0 aromatic heterocycles. The number of non-ortho nitro benzene ring substituents is 1. The number of nitro groups is 1. The Kier molecular flexibility index (Phi) is 5.57. The van der Waals surface area contributed by atoms with E-state index in [0.29, 0.717) is 30.5 Å². The van der Waals surface area contributed by atoms with Gasteiger partial charge in [0.15, 0.2) is 0 Å². The molecule has 1 rings (SSSR count). The van der Waals surface area contributed by atoms with Crippen molar-refractivity contribution in [2.24, 2.45) is 5.92 Å². The maximum Gasteiger partial charge on any atom is 0.273 e. The van der Waals surface area contributed by atoms with Gasteiger partial charge in [0.05, 0.1) is 17.6 Å². The van der Waals surface area contributed by atoms with Crippen LogP contribution in [0.15, 0.2) is 18.2 Å². The molecule has 6 nitrogen and oxygen atoms in total. The second-order valence-corrected chi connectivity index (χ2v) is 4.72. The monoisotopic (exact) mass is 267 g/mol. The normalized spacial score (nSPS) is 12.4. The van der Waals surface area contributed by atoms with Crippen LogP contribution >= 0.6 is 0 Å². The van der Waals surface area contributed by atoms with E-state index in [2.05, 4.69) is 19.2 Å². The molecule has 0 saturated carbocycles. The number of rotatable bonds is 7. The molecule has 0 aliphatic carbocycles. The van der Waals surface area contributed by atoms with Gasteiger partial charge in [0.2, 0.25) is 0 Å². The Hall–Kier alpha value is -1.82. The maximum atomic E-state index is 10.8. The minimum Gasteiger partial charge on any atom is -0.398 e. The summed E-state index contributed by atoms with van der Waals surface area (Å²) in [7, 11) is 0. The smallest absolute Gasteiger partial charge is 0.273 e. The van der Waals surface area contributed by atoms with Crippen molar-refractivity contribution in [1.29, 1.82) is 0 Å². The number of hydrogen-bond acceptors (Lipinski definition) is 5. The van der Waals surface area contributed by atoms with E-state index in [1.807, 2.05) is 6.92 Å². The maximum absolute atomic E-state index is 10.8. The first-order valence-electron chi connectivity index (χ1n) is 6.33. The van der Waals surface area contributed by atoms with Gasteiger partial charge in [0, 0.05) is 30.1 Å². The molecule has 106 valence electrons. The molecule has 1 unspecified atom stereocenters. The largest absolute Gasteiger partial charge is 0.398 e. The zero-order chi connectivity index (χ0) is 14.4. The van der Waals surface area contributed by atoms with E-state index < -0.39 is 4.92 Å². The van der Waals surface area contributed by atoms with E-state index in [1.165, 1.54) is 12.1 Å². The number of anilines is 2. The van der Waals surface area contributed by atoms with Crippen LogP contribution in [0.25, 0.3) is 0 Å². The average molecular weight is 267 g/mol. The van der Waals surface area contributed by atoms with E-state index in [-0.39, 0.29) is 11.7 Å². The van der Waals surface area contributed by atoms with E-state index in [1.54, 1.807) is 6.07 Å². The first-order valence-corrected chi connectivity index (χ1v) is 6.33. The van der Waals surface area contributed by atoms with E-state index in [9.17, 15) is 10.1 Å². The highest BCUT2D eigenvalue weighted by Gasteiger charge is 2.15. The van der Waals surface area contributed by atoms with Crippen LogP contribution in [0.3, 0.4) is 0 Å². The third kappa shape index (κ3) is 4.75. The lowest BCUT2D eigenvalue weighted by molar-refractivity contribution is -0.384. The lowest BCUT2D eigenvalue weighted by Gasteiger charge is -2.23. The summed E-state index contributed by atoms with van der Waals surface area (Å²) in [4.78, 5) is 10.3. The van der Waals surface area contributed by atoms with Crippen LogP contribution in [0, 0.1) is 16.0 Å². The summed E-state index contributed by atoms with van der Waals surface area (Å²) < 4.78 is 5.41. The summed E-state index contributed by atoms with van der Waals surface area (Å²) in [5.41, 5.74) is 6.68. The molecule has 1 aromatic rings. The van der Waals surface area contributed by atoms with Gasteiger partial charge in [-0.05, 0) is 18.9 Å². The van der Waals surface area contributed by atoms with Gasteiger partial charge in [-0.3, -0.25) is 10.1 Å². The topological polar surface area (TPSA) is 90.4 Å². The van der Waals surface area contributed by atoms with Gasteiger partial charge < -0.3 is 15.8 Å². The summed E-state index contributed by atoms with van der Waals surface area (Å²) in [5, 5.41) is 14.0. The van der Waals surface area contributed by atoms with Gasteiger partial charge in [-0.25, -0.2) is 0 Å². The zero-order valence-corrected chi connectivity index (χ0v) is 11.6. The Morgan fingerprint density at radius 2 is 2.11 bits per heavy atom. The second kappa shape index (κ2) is 6.94. The van der Waals surface area contributed by atoms with Crippen molar-refractivity contribution in [3.8, 4) is 0 Å². The molecule has 0 aliphatic heterocycles. The van der Waals surface area contributed by atoms with E-state index >= 15 is 0 Å².